The van der Waals surface area contributed by atoms with E-state index >= 15 is 0 Å². The Hall–Kier alpha value is -1.93. The fraction of sp³-hybridized carbons (Fsp3) is 0.533. The second-order valence-electron chi connectivity index (χ2n) is 5.75. The van der Waals surface area contributed by atoms with Gasteiger partial charge in [0, 0.05) is 39.3 Å². The molecule has 1 fully saturated rings. The number of aryl methyl sites for hydroxylation is 1. The smallest absolute Gasteiger partial charge is 0.317 e. The minimum Gasteiger partial charge on any atom is -0.331 e. The fourth-order valence-electron chi connectivity index (χ4n) is 2.77. The predicted octanol–water partition coefficient (Wildman–Crippen LogP) is 1.46. The van der Waals surface area contributed by atoms with Crippen molar-refractivity contribution in [2.24, 2.45) is 7.05 Å². The van der Waals surface area contributed by atoms with Crippen molar-refractivity contribution in [3.63, 3.8) is 0 Å². The van der Waals surface area contributed by atoms with Gasteiger partial charge in [-0.3, -0.25) is 9.58 Å². The van der Waals surface area contributed by atoms with Crippen LogP contribution < -0.4 is 5.32 Å². The topological polar surface area (TPSA) is 66.3 Å². The molecule has 1 aliphatic heterocycles. The lowest BCUT2D eigenvalue weighted by Gasteiger charge is -2.37. The van der Waals surface area contributed by atoms with Crippen molar-refractivity contribution in [3.8, 4) is 0 Å². The molecular weight excluding hydrogens is 312 g/mol. The summed E-state index contributed by atoms with van der Waals surface area (Å²) in [5.41, 5.74) is 1.36. The van der Waals surface area contributed by atoms with Crippen LogP contribution in [0.1, 0.15) is 24.4 Å². The third-order valence-electron chi connectivity index (χ3n) is 4.22. The Morgan fingerprint density at radius 2 is 2.17 bits per heavy atom. The summed E-state index contributed by atoms with van der Waals surface area (Å²) in [5, 5.41) is 11.4. The maximum absolute atomic E-state index is 12.2. The quantitative estimate of drug-likeness (QED) is 0.919. The zero-order chi connectivity index (χ0) is 16.2. The van der Waals surface area contributed by atoms with E-state index in [0.717, 1.165) is 26.2 Å². The summed E-state index contributed by atoms with van der Waals surface area (Å²) in [6, 6.07) is 2.54. The van der Waals surface area contributed by atoms with E-state index in [4.69, 9.17) is 0 Å². The van der Waals surface area contributed by atoms with Crippen molar-refractivity contribution in [1.29, 1.82) is 0 Å². The Morgan fingerprint density at radius 1 is 1.39 bits per heavy atom. The van der Waals surface area contributed by atoms with Gasteiger partial charge in [-0.15, -0.1) is 0 Å². The predicted molar refractivity (Wildman–Crippen MR) is 89.1 cm³/mol. The molecule has 1 unspecified atom stereocenters. The Labute approximate surface area is 139 Å². The summed E-state index contributed by atoms with van der Waals surface area (Å²) < 4.78 is 1.63. The molecule has 7 nitrogen and oxygen atoms in total. The number of hydrogen-bond acceptors (Lipinski definition) is 5. The Kier molecular flexibility index (Phi) is 4.92. The Balaban J connectivity index is 1.45. The summed E-state index contributed by atoms with van der Waals surface area (Å²) in [6.45, 7) is 5.88. The number of piperazine rings is 1. The number of aromatic nitrogens is 3. The van der Waals surface area contributed by atoms with E-state index in [2.05, 4.69) is 44.0 Å². The van der Waals surface area contributed by atoms with E-state index in [1.54, 1.807) is 22.3 Å². The van der Waals surface area contributed by atoms with Crippen molar-refractivity contribution in [2.75, 3.05) is 26.2 Å². The molecule has 2 aromatic rings. The van der Waals surface area contributed by atoms with Gasteiger partial charge in [-0.1, -0.05) is 0 Å². The van der Waals surface area contributed by atoms with Gasteiger partial charge in [0.25, 0.3) is 0 Å². The van der Waals surface area contributed by atoms with Crippen LogP contribution in [0.5, 0.6) is 0 Å². The van der Waals surface area contributed by atoms with Gasteiger partial charge < -0.3 is 10.2 Å². The number of rotatable bonds is 4. The molecule has 0 saturated carbocycles. The molecule has 23 heavy (non-hydrogen) atoms. The molecule has 0 bridgehead atoms. The van der Waals surface area contributed by atoms with Crippen LogP contribution in [-0.4, -0.2) is 56.8 Å². The van der Waals surface area contributed by atoms with Gasteiger partial charge >= 0.3 is 6.03 Å². The van der Waals surface area contributed by atoms with Crippen molar-refractivity contribution in [2.45, 2.75) is 19.5 Å². The van der Waals surface area contributed by atoms with Crippen molar-refractivity contribution in [1.82, 2.24) is 29.9 Å². The van der Waals surface area contributed by atoms with Crippen LogP contribution in [0.15, 0.2) is 23.2 Å². The van der Waals surface area contributed by atoms with Gasteiger partial charge in [0.05, 0.1) is 6.54 Å². The lowest BCUT2D eigenvalue weighted by Crippen LogP contribution is -2.52. The second kappa shape index (κ2) is 7.10. The molecule has 124 valence electrons. The largest absolute Gasteiger partial charge is 0.331 e. The van der Waals surface area contributed by atoms with Crippen molar-refractivity contribution < 1.29 is 4.79 Å². The van der Waals surface area contributed by atoms with E-state index in [1.807, 2.05) is 11.9 Å². The lowest BCUT2D eigenvalue weighted by atomic mass is 10.1. The van der Waals surface area contributed by atoms with Crippen molar-refractivity contribution >= 4 is 17.4 Å². The fourth-order valence-corrected chi connectivity index (χ4v) is 3.51. The maximum atomic E-state index is 12.2. The van der Waals surface area contributed by atoms with E-state index in [-0.39, 0.29) is 6.03 Å². The second-order valence-corrected chi connectivity index (χ2v) is 6.53. The normalized spacial score (nSPS) is 17.2. The lowest BCUT2D eigenvalue weighted by molar-refractivity contribution is 0.114. The molecule has 8 heteroatoms. The molecule has 1 aliphatic rings. The number of thiophene rings is 1. The van der Waals surface area contributed by atoms with Gasteiger partial charge in [-0.2, -0.15) is 16.4 Å². The summed E-state index contributed by atoms with van der Waals surface area (Å²) in [6.07, 6.45) is 1.63. The molecule has 3 heterocycles. The SMILES string of the molecule is CC(c1ccsc1)N1CCN(C(=O)NCc2ncn(C)n2)CC1. The number of nitrogens with one attached hydrogen (secondary N) is 1. The van der Waals surface area contributed by atoms with Crippen LogP contribution in [0.3, 0.4) is 0 Å². The van der Waals surface area contributed by atoms with Gasteiger partial charge in [0.2, 0.25) is 0 Å². The van der Waals surface area contributed by atoms with E-state index < -0.39 is 0 Å². The average Bonchev–Trinajstić information content (AvgIpc) is 3.24. The van der Waals surface area contributed by atoms with Crippen LogP contribution in [0, 0.1) is 0 Å². The summed E-state index contributed by atoms with van der Waals surface area (Å²) >= 11 is 1.73. The molecule has 1 saturated heterocycles. The summed E-state index contributed by atoms with van der Waals surface area (Å²) in [7, 11) is 1.81. The average molecular weight is 334 g/mol. The highest BCUT2D eigenvalue weighted by molar-refractivity contribution is 7.07. The van der Waals surface area contributed by atoms with Crippen molar-refractivity contribution in [3.05, 3.63) is 34.5 Å². The molecule has 0 aromatic carbocycles. The molecule has 1 N–H and O–H groups in total. The summed E-state index contributed by atoms with van der Waals surface area (Å²) in [4.78, 5) is 20.6. The molecular formula is C15H22N6OS. The zero-order valence-electron chi connectivity index (χ0n) is 13.5. The zero-order valence-corrected chi connectivity index (χ0v) is 14.3. The molecule has 0 radical (unpaired) electrons. The minimum atomic E-state index is -0.0414. The first-order chi connectivity index (χ1) is 11.1. The van der Waals surface area contributed by atoms with Crippen LogP contribution in [0.2, 0.25) is 0 Å². The molecule has 0 aliphatic carbocycles. The molecule has 0 spiro atoms. The van der Waals surface area contributed by atoms with Crippen LogP contribution in [-0.2, 0) is 13.6 Å². The third kappa shape index (κ3) is 3.89. The number of nitrogens with zero attached hydrogens (tertiary/aromatic N) is 5. The third-order valence-corrected chi connectivity index (χ3v) is 4.92. The molecule has 2 amide bonds. The minimum absolute atomic E-state index is 0.0414. The molecule has 3 rings (SSSR count). The standard InChI is InChI=1S/C15H22N6OS/c1-12(13-3-8-23-10-13)20-4-6-21(7-5-20)15(22)16-9-14-17-11-19(2)18-14/h3,8,10-12H,4-7,9H2,1-2H3,(H,16,22). The Morgan fingerprint density at radius 3 is 2.78 bits per heavy atom. The van der Waals surface area contributed by atoms with Gasteiger partial charge in [0.15, 0.2) is 5.82 Å². The first kappa shape index (κ1) is 15.9. The number of urea groups is 1. The number of amides is 2. The first-order valence-electron chi connectivity index (χ1n) is 7.77. The van der Waals surface area contributed by atoms with Gasteiger partial charge in [-0.05, 0) is 29.3 Å². The van der Waals surface area contributed by atoms with Crippen LogP contribution >= 0.6 is 11.3 Å². The highest BCUT2D eigenvalue weighted by Crippen LogP contribution is 2.23. The highest BCUT2D eigenvalue weighted by atomic mass is 32.1. The maximum Gasteiger partial charge on any atom is 0.317 e. The van der Waals surface area contributed by atoms with E-state index in [9.17, 15) is 4.79 Å². The molecule has 1 atom stereocenters. The number of carbonyl (C=O) groups excluding carboxylic acids is 1. The number of hydrogen-bond donors (Lipinski definition) is 1. The van der Waals surface area contributed by atoms with Gasteiger partial charge in [-0.25, -0.2) is 9.78 Å². The van der Waals surface area contributed by atoms with Crippen LogP contribution in [0.4, 0.5) is 4.79 Å². The van der Waals surface area contributed by atoms with E-state index in [1.165, 1.54) is 5.56 Å². The monoisotopic (exact) mass is 334 g/mol. The van der Waals surface area contributed by atoms with Gasteiger partial charge in [0.1, 0.15) is 6.33 Å². The number of carbonyl (C=O) groups is 1. The summed E-state index contributed by atoms with van der Waals surface area (Å²) in [5.74, 6) is 0.630. The Bertz CT molecular complexity index is 632. The van der Waals surface area contributed by atoms with Crippen LogP contribution in [0.25, 0.3) is 0 Å². The van der Waals surface area contributed by atoms with E-state index in [0.29, 0.717) is 18.4 Å². The molecule has 2 aromatic heterocycles. The first-order valence-corrected chi connectivity index (χ1v) is 8.71. The highest BCUT2D eigenvalue weighted by Gasteiger charge is 2.24.